The van der Waals surface area contributed by atoms with Gasteiger partial charge in [0.05, 0.1) is 39.1 Å². The van der Waals surface area contributed by atoms with E-state index in [2.05, 4.69) is 74.3 Å². The number of fused-ring (bicyclic) bond motifs is 2. The zero-order valence-electron chi connectivity index (χ0n) is 73.2. The highest BCUT2D eigenvalue weighted by Gasteiger charge is 2.53. The molecule has 0 spiro atoms. The van der Waals surface area contributed by atoms with E-state index in [-0.39, 0.29) is 117 Å². The second-order valence-corrected chi connectivity index (χ2v) is 36.7. The lowest BCUT2D eigenvalue weighted by molar-refractivity contribution is -0.192. The van der Waals surface area contributed by atoms with E-state index in [0.717, 1.165) is 21.8 Å². The number of phosphoric acid groups is 4. The largest absolute Gasteiger partial charge is 0.490 e. The number of anilines is 4. The number of phosphoric ester groups is 4. The Morgan fingerprint density at radius 1 is 0.557 bits per heavy atom. The molecule has 0 aliphatic carbocycles. The van der Waals surface area contributed by atoms with Gasteiger partial charge in [0.15, 0.2) is 47.6 Å². The third-order valence-electron chi connectivity index (χ3n) is 20.1. The number of aliphatic hydroxyl groups is 2. The van der Waals surface area contributed by atoms with E-state index in [0.29, 0.717) is 28.9 Å². The Balaban J connectivity index is 0.000000271. The number of nitrogen functional groups attached to an aromatic ring is 4. The molecular formula is C73H93F3N24O36P4. The Bertz CT molecular complexity index is 6130. The number of esters is 4. The van der Waals surface area contributed by atoms with Crippen LogP contribution in [-0.2, 0) is 125 Å². The molecule has 10 heterocycles. The van der Waals surface area contributed by atoms with Crippen LogP contribution < -0.4 is 45.4 Å². The number of ether oxygens (including phenoxy) is 9. The maximum atomic E-state index is 14.1. The number of unbranched alkanes of at least 4 members (excludes halogenated alkanes) is 2. The number of carboxylic acids is 1. The maximum absolute atomic E-state index is 14.1. The number of hydrogen-bond acceptors (Lipinski definition) is 44. The molecule has 762 valence electrons. The minimum atomic E-state index is -5.29. The van der Waals surface area contributed by atoms with E-state index in [4.69, 9.17) is 110 Å². The predicted molar refractivity (Wildman–Crippen MR) is 461 cm³/mol. The van der Waals surface area contributed by atoms with E-state index in [1.54, 1.807) is 69.3 Å². The number of nitrogens with one attached hydrogen (secondary N) is 1. The fourth-order valence-corrected chi connectivity index (χ4v) is 16.2. The van der Waals surface area contributed by atoms with Gasteiger partial charge in [0.1, 0.15) is 128 Å². The van der Waals surface area contributed by atoms with E-state index >= 15 is 0 Å². The zero-order chi connectivity index (χ0) is 103. The minimum Gasteiger partial charge on any atom is -0.475 e. The summed E-state index contributed by atoms with van der Waals surface area (Å²) in [6, 6.07) is 12.6. The molecule has 12 rings (SSSR count). The highest BCUT2D eigenvalue weighted by molar-refractivity contribution is 7.47. The summed E-state index contributed by atoms with van der Waals surface area (Å²) in [6.45, 7) is 1.13. The van der Waals surface area contributed by atoms with Crippen molar-refractivity contribution < 1.29 is 175 Å². The highest BCUT2D eigenvalue weighted by atomic mass is 31.2. The highest BCUT2D eigenvalue weighted by Crippen LogP contribution is 2.52. The van der Waals surface area contributed by atoms with Crippen LogP contribution >= 0.6 is 31.3 Å². The fraction of sp³-hybridized carbons (Fsp3) is 0.507. The van der Waals surface area contributed by atoms with Crippen molar-refractivity contribution in [3.05, 3.63) is 151 Å². The average Bonchev–Trinajstić information content (AvgIpc) is 1.62. The van der Waals surface area contributed by atoms with Gasteiger partial charge in [-0.15, -0.1) is 0 Å². The number of nitrogens with zero attached hydrogens (tertiary/aromatic N) is 18. The van der Waals surface area contributed by atoms with Gasteiger partial charge in [-0.2, -0.15) is 23.1 Å². The number of rotatable bonds is 41. The lowest BCUT2D eigenvalue weighted by atomic mass is 10.1. The van der Waals surface area contributed by atoms with Crippen molar-refractivity contribution >= 4 is 124 Å². The first-order valence-electron chi connectivity index (χ1n) is 41.1. The predicted octanol–water partition coefficient (Wildman–Crippen LogP) is 3.98. The smallest absolute Gasteiger partial charge is 0.475 e. The minimum absolute atomic E-state index is 0.00468. The fourth-order valence-electron chi connectivity index (χ4n) is 13.6. The number of alkyl carbamates (subject to hydrolysis) is 1. The molecule has 8 aromatic rings. The Labute approximate surface area is 784 Å². The first-order chi connectivity index (χ1) is 65.8. The molecule has 2 aromatic carbocycles. The molecule has 4 aliphatic rings. The van der Waals surface area contributed by atoms with Crippen molar-refractivity contribution in [2.24, 2.45) is 16.0 Å². The Morgan fingerprint density at radius 2 is 0.950 bits per heavy atom. The van der Waals surface area contributed by atoms with Crippen LogP contribution in [0, 0.1) is 0 Å². The zero-order valence-corrected chi connectivity index (χ0v) is 76.8. The van der Waals surface area contributed by atoms with Gasteiger partial charge in [-0.05, 0) is 80.8 Å². The topological polar surface area (TPSA) is 888 Å². The van der Waals surface area contributed by atoms with Gasteiger partial charge >= 0.3 is 84.8 Å². The molecule has 60 nitrogen and oxygen atoms in total. The quantitative estimate of drug-likeness (QED) is 0.00490. The van der Waals surface area contributed by atoms with E-state index in [1.807, 2.05) is 0 Å². The number of aliphatic hydroxyl groups excluding tert-OH is 2. The number of amides is 1. The van der Waals surface area contributed by atoms with Crippen LogP contribution in [0.1, 0.15) is 121 Å². The summed E-state index contributed by atoms with van der Waals surface area (Å²) in [6.07, 6.45) is -20.2. The molecule has 4 saturated heterocycles. The van der Waals surface area contributed by atoms with Crippen LogP contribution in [0.15, 0.2) is 118 Å². The van der Waals surface area contributed by atoms with Crippen LogP contribution in [-0.4, -0.2) is 250 Å². The van der Waals surface area contributed by atoms with Crippen LogP contribution in [0.2, 0.25) is 0 Å². The third-order valence-corrected chi connectivity index (χ3v) is 23.1. The Morgan fingerprint density at radius 3 is 1.33 bits per heavy atom. The molecule has 0 saturated carbocycles. The number of carbonyl (C=O) groups excluding carboxylic acids is 5. The van der Waals surface area contributed by atoms with Crippen molar-refractivity contribution in [1.29, 1.82) is 0 Å². The summed E-state index contributed by atoms with van der Waals surface area (Å²) in [5, 5.41) is 39.8. The van der Waals surface area contributed by atoms with Crippen molar-refractivity contribution in [1.82, 2.24) is 63.5 Å². The second-order valence-electron chi connectivity index (χ2n) is 31.4. The number of imidazole rings is 2. The number of carbonyl (C=O) groups is 6. The molecule has 67 heteroatoms. The van der Waals surface area contributed by atoms with Crippen LogP contribution in [0.25, 0.3) is 43.2 Å². The van der Waals surface area contributed by atoms with E-state index in [1.165, 1.54) is 46.3 Å². The van der Waals surface area contributed by atoms with Crippen LogP contribution in [0.5, 0.6) is 0 Å². The van der Waals surface area contributed by atoms with Crippen molar-refractivity contribution in [2.75, 3.05) is 49.4 Å². The number of hydrogen-bond donors (Lipinski definition) is 15. The molecule has 4 fully saturated rings. The van der Waals surface area contributed by atoms with Crippen LogP contribution in [0.4, 0.5) is 52.6 Å². The second kappa shape index (κ2) is 48.2. The average molecular weight is 2060 g/mol. The first kappa shape index (κ1) is 110. The summed E-state index contributed by atoms with van der Waals surface area (Å²) < 4.78 is 168. The van der Waals surface area contributed by atoms with Gasteiger partial charge in [0.2, 0.25) is 0 Å². The van der Waals surface area contributed by atoms with Gasteiger partial charge in [0, 0.05) is 59.3 Å². The number of benzene rings is 2. The summed E-state index contributed by atoms with van der Waals surface area (Å²) in [5.41, 5.74) is 46.1. The molecule has 18 atom stereocenters. The normalized spacial score (nSPS) is 22.6. The summed E-state index contributed by atoms with van der Waals surface area (Å²) in [4.78, 5) is 195. The molecule has 140 heavy (non-hydrogen) atoms. The Hall–Kier alpha value is -12.3. The molecule has 2 unspecified atom stereocenters. The number of carboxylic acid groups (broad SMARTS) is 1. The number of aromatic nitrogens is 12. The molecule has 1 amide bonds. The van der Waals surface area contributed by atoms with Crippen molar-refractivity contribution in [3.63, 3.8) is 0 Å². The third kappa shape index (κ3) is 32.1. The molecule has 20 N–H and O–H groups in total. The molecule has 6 aromatic heterocycles. The lowest BCUT2D eigenvalue weighted by Gasteiger charge is -2.26. The monoisotopic (exact) mass is 2060 g/mol. The first-order valence-corrected chi connectivity index (χ1v) is 47.2. The standard InChI is InChI=1S/C38H50N12O18P2.C33H42N12O16P2.C2HF3O2/c1-38(2,3)67-37(55)45-22(6-4-5-7-28(51)61-15-20-8-10-21(11-9-20)47-48-41)35(53)66-31-25(65-34(30(31)52)50-19-44-29-32(40)42-18-43-33(29)50)17-63-70(59,60)68-23-14-27(49-13-12-26(39)46-36(49)54)64-24(23)16-62-69(56,57)58;34-19(3-1-2-4-25(46)55-12-17-5-7-18(8-6-17)42-43-37)32(48)60-28-22(59-31(27(28)47)45-16-40-26-29(36)38-15-39-30(26)45)14-57-63(53,54)61-20-11-24(44-10-9-23(35)41-33(44)49)58-21(20)13-56-62(50,51)52;3-2(4,5)1(6)7/h8-13,18-19,22-25,27,30-31,34,52H,4-7,14-17H2,1-3H3,(H,45,55)(H,59,60)(H2,39,46,54)(H2,40,42,43)(H2,56,57,58);5-10,15-16,19-22,24,27-28,31,47H,1-4,11-14,34H2,(H,53,54)(H2,35,41,49)(H2,36,38,39)(H2,50,51,52);(H,6,7)/t22-,23-,24+,25+,27+,30+,31+,34+;19-,20-,21+,22+,24+,27+,28+,31+;/m00./s1. The van der Waals surface area contributed by atoms with Gasteiger partial charge in [-0.3, -0.25) is 59.8 Å². The number of aliphatic carboxylic acids is 1. The summed E-state index contributed by atoms with van der Waals surface area (Å²) in [7, 11) is -20.7. The summed E-state index contributed by atoms with van der Waals surface area (Å²) >= 11 is 0. The maximum Gasteiger partial charge on any atom is 0.490 e. The lowest BCUT2D eigenvalue weighted by Crippen LogP contribution is -2.47. The van der Waals surface area contributed by atoms with Crippen molar-refractivity contribution in [3.8, 4) is 0 Å². The SMILES string of the molecule is CC(C)(C)OC(=O)N[C@@H](CCCCC(=O)OCc1ccc(N=[N+]=[N-])cc1)C(=O)O[C@H]1[C@@H](O)[C@H](n2cnc3c(N)ncnc32)O[C@@H]1COP(=O)(O)O[C@H]1C[C@H](n2ccc(N)nc2=O)O[C@@H]1COP(=O)(O)O.O=C(O)C(F)(F)F.[N-]=[N+]=Nc1ccc(COC(=O)CCCC[C@H](N)C(=O)O[C@H]2[C@@H](O)[C@H](n3cnc4c(N)ncnc43)O[C@@H]2COP(=O)(O)O[C@H]2C[C@H](n3ccc(N)nc3=O)O[C@@H]2COP(=O)(O)O)cc1. The summed E-state index contributed by atoms with van der Waals surface area (Å²) in [5.74, 6) is -6.21. The van der Waals surface area contributed by atoms with Gasteiger partial charge in [-0.25, -0.2) is 72.1 Å². The van der Waals surface area contributed by atoms with E-state index < -0.39 is 215 Å². The number of alkyl halides is 3. The molecule has 4 aliphatic heterocycles. The van der Waals surface area contributed by atoms with Crippen LogP contribution in [0.3, 0.4) is 0 Å². The molecule has 0 radical (unpaired) electrons. The van der Waals surface area contributed by atoms with Gasteiger partial charge < -0.3 is 121 Å². The number of nitrogens with two attached hydrogens (primary N) is 5. The number of azide groups is 2. The molecular weight excluding hydrogens is 1970 g/mol. The number of halogens is 3. The van der Waals surface area contributed by atoms with Gasteiger partial charge in [-0.1, -0.05) is 71.6 Å². The van der Waals surface area contributed by atoms with Gasteiger partial charge in [0.25, 0.3) is 0 Å². The van der Waals surface area contributed by atoms with E-state index in [9.17, 15) is 105 Å². The molecule has 0 bridgehead atoms. The van der Waals surface area contributed by atoms with Crippen molar-refractivity contribution in [2.45, 2.75) is 208 Å². The Kier molecular flexibility index (Phi) is 37.8.